The molecule has 1 atom stereocenters. The number of aryl methyl sites for hydroxylation is 1. The lowest BCUT2D eigenvalue weighted by molar-refractivity contribution is 0.0593. The van der Waals surface area contributed by atoms with Crippen molar-refractivity contribution in [2.75, 3.05) is 7.11 Å². The second-order valence-corrected chi connectivity index (χ2v) is 5.44. The van der Waals surface area contributed by atoms with E-state index in [1.54, 1.807) is 13.0 Å². The summed E-state index contributed by atoms with van der Waals surface area (Å²) in [6.07, 6.45) is 0.751. The fourth-order valence-electron chi connectivity index (χ4n) is 2.03. The van der Waals surface area contributed by atoms with Gasteiger partial charge in [0, 0.05) is 16.7 Å². The summed E-state index contributed by atoms with van der Waals surface area (Å²) in [4.78, 5) is 15.7. The number of carbonyl (C=O) groups excluding carboxylic acids is 1. The monoisotopic (exact) mass is 284 g/mol. The van der Waals surface area contributed by atoms with Crippen LogP contribution in [0, 0.1) is 41.4 Å². The van der Waals surface area contributed by atoms with Crippen molar-refractivity contribution >= 4 is 5.97 Å². The molecule has 0 aliphatic heterocycles. The van der Waals surface area contributed by atoms with Gasteiger partial charge in [0.15, 0.2) is 0 Å². The minimum Gasteiger partial charge on any atom is -0.464 e. The lowest BCUT2D eigenvalue weighted by atomic mass is 9.78. The first kappa shape index (κ1) is 16.7. The average Bonchev–Trinajstić information content (AvgIpc) is 2.45. The summed E-state index contributed by atoms with van der Waals surface area (Å²) in [5.41, 5.74) is 1.23. The van der Waals surface area contributed by atoms with Gasteiger partial charge >= 0.3 is 5.97 Å². The van der Waals surface area contributed by atoms with Gasteiger partial charge in [0.05, 0.1) is 19.1 Å². The Morgan fingerprint density at radius 3 is 2.67 bits per heavy atom. The Morgan fingerprint density at radius 2 is 2.14 bits per heavy atom. The molecule has 1 aromatic rings. The van der Waals surface area contributed by atoms with Crippen LogP contribution in [-0.4, -0.2) is 18.1 Å². The maximum absolute atomic E-state index is 11.5. The molecule has 1 heterocycles. The average molecular weight is 284 g/mol. The van der Waals surface area contributed by atoms with Crippen molar-refractivity contribution in [1.29, 1.82) is 5.26 Å². The highest BCUT2D eigenvalue weighted by atomic mass is 16.5. The second-order valence-electron chi connectivity index (χ2n) is 5.44. The Hall–Kier alpha value is -2.33. The van der Waals surface area contributed by atoms with Crippen molar-refractivity contribution in [3.05, 3.63) is 29.1 Å². The largest absolute Gasteiger partial charge is 0.464 e. The van der Waals surface area contributed by atoms with Crippen molar-refractivity contribution in [2.45, 2.75) is 34.1 Å². The summed E-state index contributed by atoms with van der Waals surface area (Å²) in [6.45, 7) is 7.68. The molecule has 1 unspecified atom stereocenters. The molecule has 0 saturated carbocycles. The molecule has 4 nitrogen and oxygen atoms in total. The fraction of sp³-hybridized carbons (Fsp3) is 0.471. The van der Waals surface area contributed by atoms with Crippen molar-refractivity contribution < 1.29 is 9.53 Å². The van der Waals surface area contributed by atoms with Crippen molar-refractivity contribution in [1.82, 2.24) is 4.98 Å². The molecule has 0 saturated heterocycles. The van der Waals surface area contributed by atoms with E-state index in [-0.39, 0.29) is 11.6 Å². The SMILES string of the molecule is CCC(C#N)C(C)(C)C#Cc1cc(C)nc(C(=O)OC)c1. The van der Waals surface area contributed by atoms with Gasteiger partial charge in [0.2, 0.25) is 0 Å². The highest BCUT2D eigenvalue weighted by molar-refractivity contribution is 5.87. The highest BCUT2D eigenvalue weighted by Crippen LogP contribution is 2.28. The molecule has 0 aromatic carbocycles. The van der Waals surface area contributed by atoms with Crippen LogP contribution in [-0.2, 0) is 4.74 Å². The number of pyridine rings is 1. The van der Waals surface area contributed by atoms with Crippen LogP contribution < -0.4 is 0 Å². The Kier molecular flexibility index (Phi) is 5.50. The molecule has 4 heteroatoms. The normalized spacial score (nSPS) is 11.8. The van der Waals surface area contributed by atoms with Crippen LogP contribution in [0.3, 0.4) is 0 Å². The highest BCUT2D eigenvalue weighted by Gasteiger charge is 2.25. The third-order valence-corrected chi connectivity index (χ3v) is 3.31. The molecule has 0 fully saturated rings. The van der Waals surface area contributed by atoms with Gasteiger partial charge < -0.3 is 4.74 Å². The number of nitriles is 1. The van der Waals surface area contributed by atoms with Gasteiger partial charge in [0.1, 0.15) is 5.69 Å². The number of nitrogens with zero attached hydrogens (tertiary/aromatic N) is 2. The Labute approximate surface area is 126 Å². The molecule has 0 N–H and O–H groups in total. The van der Waals surface area contributed by atoms with E-state index in [0.717, 1.165) is 6.42 Å². The molecule has 0 aliphatic rings. The van der Waals surface area contributed by atoms with Crippen LogP contribution in [0.5, 0.6) is 0 Å². The zero-order valence-electron chi connectivity index (χ0n) is 13.2. The maximum atomic E-state index is 11.5. The maximum Gasteiger partial charge on any atom is 0.356 e. The summed E-state index contributed by atoms with van der Waals surface area (Å²) in [5.74, 6) is 5.57. The van der Waals surface area contributed by atoms with Crippen molar-refractivity contribution in [2.24, 2.45) is 11.3 Å². The zero-order valence-corrected chi connectivity index (χ0v) is 13.2. The topological polar surface area (TPSA) is 63.0 Å². The van der Waals surface area contributed by atoms with E-state index in [9.17, 15) is 4.79 Å². The van der Waals surface area contributed by atoms with Gasteiger partial charge in [-0.05, 0) is 39.3 Å². The number of hydrogen-bond donors (Lipinski definition) is 0. The van der Waals surface area contributed by atoms with E-state index in [2.05, 4.69) is 27.6 Å². The second kappa shape index (κ2) is 6.90. The molecule has 0 amide bonds. The Morgan fingerprint density at radius 1 is 1.48 bits per heavy atom. The predicted octanol–water partition coefficient (Wildman–Crippen LogP) is 3.10. The molecule has 1 aromatic heterocycles. The minimum absolute atomic E-state index is 0.131. The first-order chi connectivity index (χ1) is 9.83. The van der Waals surface area contributed by atoms with E-state index in [1.165, 1.54) is 7.11 Å². The Bertz CT molecular complexity index is 630. The molecular formula is C17H20N2O2. The van der Waals surface area contributed by atoms with Crippen LogP contribution in [0.25, 0.3) is 0 Å². The smallest absolute Gasteiger partial charge is 0.356 e. The minimum atomic E-state index is -0.482. The van der Waals surface area contributed by atoms with Gasteiger partial charge in [-0.3, -0.25) is 0 Å². The van der Waals surface area contributed by atoms with E-state index in [1.807, 2.05) is 26.8 Å². The quantitative estimate of drug-likeness (QED) is 0.632. The van der Waals surface area contributed by atoms with E-state index >= 15 is 0 Å². The number of methoxy groups -OCH3 is 1. The van der Waals surface area contributed by atoms with Crippen molar-refractivity contribution in [3.8, 4) is 17.9 Å². The summed E-state index contributed by atoms with van der Waals surface area (Å²) >= 11 is 0. The molecule has 110 valence electrons. The van der Waals surface area contributed by atoms with E-state index in [4.69, 9.17) is 5.26 Å². The van der Waals surface area contributed by atoms with Gasteiger partial charge in [-0.1, -0.05) is 18.8 Å². The van der Waals surface area contributed by atoms with Crippen LogP contribution in [0.4, 0.5) is 0 Å². The van der Waals surface area contributed by atoms with Crippen molar-refractivity contribution in [3.63, 3.8) is 0 Å². The summed E-state index contributed by atoms with van der Waals surface area (Å²) in [5, 5.41) is 9.16. The molecule has 21 heavy (non-hydrogen) atoms. The Balaban J connectivity index is 3.15. The number of aromatic nitrogens is 1. The number of rotatable bonds is 3. The first-order valence-electron chi connectivity index (χ1n) is 6.83. The number of esters is 1. The number of ether oxygens (including phenoxy) is 1. The lowest BCUT2D eigenvalue weighted by Gasteiger charge is -2.22. The van der Waals surface area contributed by atoms with Gasteiger partial charge in [-0.25, -0.2) is 9.78 Å². The van der Waals surface area contributed by atoms with E-state index < -0.39 is 11.4 Å². The van der Waals surface area contributed by atoms with Crippen LogP contribution in [0.1, 0.15) is 48.9 Å². The zero-order chi connectivity index (χ0) is 16.0. The fourth-order valence-corrected chi connectivity index (χ4v) is 2.03. The lowest BCUT2D eigenvalue weighted by Crippen LogP contribution is -2.20. The molecule has 0 bridgehead atoms. The molecular weight excluding hydrogens is 264 g/mol. The van der Waals surface area contributed by atoms with Gasteiger partial charge in [-0.2, -0.15) is 5.26 Å². The third-order valence-electron chi connectivity index (χ3n) is 3.31. The molecule has 0 spiro atoms. The summed E-state index contributed by atoms with van der Waals surface area (Å²) < 4.78 is 4.67. The van der Waals surface area contributed by atoms with Crippen LogP contribution in [0.2, 0.25) is 0 Å². The third kappa shape index (κ3) is 4.33. The van der Waals surface area contributed by atoms with Crippen LogP contribution in [0.15, 0.2) is 12.1 Å². The van der Waals surface area contributed by atoms with Crippen LogP contribution >= 0.6 is 0 Å². The summed E-state index contributed by atoms with van der Waals surface area (Å²) in [6, 6.07) is 5.70. The predicted molar refractivity (Wildman–Crippen MR) is 80.4 cm³/mol. The standard InChI is InChI=1S/C17H20N2O2/c1-6-14(11-18)17(3,4)8-7-13-9-12(2)19-15(10-13)16(20)21-5/h9-10,14H,6H2,1-5H3. The number of hydrogen-bond acceptors (Lipinski definition) is 4. The summed E-state index contributed by atoms with van der Waals surface area (Å²) in [7, 11) is 1.32. The number of carbonyl (C=O) groups is 1. The van der Waals surface area contributed by atoms with Gasteiger partial charge in [-0.15, -0.1) is 0 Å². The molecule has 0 radical (unpaired) electrons. The molecule has 0 aliphatic carbocycles. The first-order valence-corrected chi connectivity index (χ1v) is 6.83. The van der Waals surface area contributed by atoms with Gasteiger partial charge in [0.25, 0.3) is 0 Å². The van der Waals surface area contributed by atoms with E-state index in [0.29, 0.717) is 11.3 Å². The molecule has 1 rings (SSSR count).